The number of nitrogens with zero attached hydrogens (tertiary/aromatic N) is 2. The Hall–Kier alpha value is -1.35. The molecule has 0 amide bonds. The summed E-state index contributed by atoms with van der Waals surface area (Å²) in [6.45, 7) is 4.31. The maximum atomic E-state index is 5.83. The first-order valence-corrected chi connectivity index (χ1v) is 5.70. The van der Waals surface area contributed by atoms with Crippen molar-refractivity contribution in [2.75, 3.05) is 0 Å². The van der Waals surface area contributed by atoms with E-state index in [4.69, 9.17) is 11.6 Å². The van der Waals surface area contributed by atoms with Crippen LogP contribution in [-0.2, 0) is 6.42 Å². The summed E-state index contributed by atoms with van der Waals surface area (Å²) in [7, 11) is 0. The lowest BCUT2D eigenvalue weighted by molar-refractivity contribution is 0.622. The third-order valence-corrected chi connectivity index (χ3v) is 2.50. The maximum absolute atomic E-state index is 5.83. The predicted molar refractivity (Wildman–Crippen MR) is 65.4 cm³/mol. The largest absolute Gasteiger partial charge is 0.325 e. The van der Waals surface area contributed by atoms with Gasteiger partial charge in [0.15, 0.2) is 5.82 Å². The van der Waals surface area contributed by atoms with Crippen molar-refractivity contribution in [3.05, 3.63) is 35.1 Å². The molecule has 0 bridgehead atoms. The molecule has 0 aliphatic carbocycles. The minimum absolute atomic E-state index is 0.575. The van der Waals surface area contributed by atoms with E-state index in [1.54, 1.807) is 0 Å². The number of nitrogens with one attached hydrogen (secondary N) is 1. The molecular weight excluding hydrogens is 222 g/mol. The Morgan fingerprint density at radius 3 is 2.50 bits per heavy atom. The fourth-order valence-corrected chi connectivity index (χ4v) is 1.64. The molecule has 2 aromatic rings. The number of hydrogen-bond acceptors (Lipinski definition) is 2. The highest BCUT2D eigenvalue weighted by molar-refractivity contribution is 6.30. The van der Waals surface area contributed by atoms with E-state index in [1.807, 2.05) is 24.3 Å². The van der Waals surface area contributed by atoms with Gasteiger partial charge in [-0.1, -0.05) is 25.4 Å². The van der Waals surface area contributed by atoms with E-state index in [-0.39, 0.29) is 0 Å². The SMILES string of the molecule is CC(C)Cc1nnc(-c2ccc(Cl)cc2)[nH]1. The molecule has 16 heavy (non-hydrogen) atoms. The van der Waals surface area contributed by atoms with Crippen LogP contribution in [0, 0.1) is 5.92 Å². The molecule has 0 unspecified atom stereocenters. The average Bonchev–Trinajstić information content (AvgIpc) is 2.66. The molecule has 0 saturated carbocycles. The van der Waals surface area contributed by atoms with E-state index >= 15 is 0 Å². The van der Waals surface area contributed by atoms with Crippen LogP contribution in [0.2, 0.25) is 5.02 Å². The van der Waals surface area contributed by atoms with Gasteiger partial charge in [-0.3, -0.25) is 0 Å². The smallest absolute Gasteiger partial charge is 0.161 e. The molecule has 1 aromatic heterocycles. The van der Waals surface area contributed by atoms with E-state index in [9.17, 15) is 0 Å². The van der Waals surface area contributed by atoms with Gasteiger partial charge in [0.2, 0.25) is 0 Å². The monoisotopic (exact) mass is 235 g/mol. The van der Waals surface area contributed by atoms with Crippen LogP contribution in [0.25, 0.3) is 11.4 Å². The summed E-state index contributed by atoms with van der Waals surface area (Å²) in [6.07, 6.45) is 0.917. The number of H-pyrrole nitrogens is 1. The Balaban J connectivity index is 2.21. The van der Waals surface area contributed by atoms with Crippen LogP contribution in [0.1, 0.15) is 19.7 Å². The van der Waals surface area contributed by atoms with Crippen LogP contribution < -0.4 is 0 Å². The zero-order valence-electron chi connectivity index (χ0n) is 9.37. The molecule has 0 fully saturated rings. The first-order valence-electron chi connectivity index (χ1n) is 5.32. The molecule has 84 valence electrons. The van der Waals surface area contributed by atoms with Crippen LogP contribution in [-0.4, -0.2) is 15.2 Å². The summed E-state index contributed by atoms with van der Waals surface area (Å²) in [6, 6.07) is 7.56. The highest BCUT2D eigenvalue weighted by Gasteiger charge is 2.06. The lowest BCUT2D eigenvalue weighted by Gasteiger charge is -1.98. The summed E-state index contributed by atoms with van der Waals surface area (Å²) < 4.78 is 0. The normalized spacial score (nSPS) is 11.0. The number of benzene rings is 1. The van der Waals surface area contributed by atoms with E-state index in [2.05, 4.69) is 29.0 Å². The average molecular weight is 236 g/mol. The van der Waals surface area contributed by atoms with Gasteiger partial charge in [0, 0.05) is 17.0 Å². The molecule has 1 N–H and O–H groups in total. The summed E-state index contributed by atoms with van der Waals surface area (Å²) in [4.78, 5) is 3.21. The molecule has 0 atom stereocenters. The highest BCUT2D eigenvalue weighted by atomic mass is 35.5. The van der Waals surface area contributed by atoms with Crippen LogP contribution in [0.3, 0.4) is 0 Å². The second-order valence-corrected chi connectivity index (χ2v) is 4.66. The van der Waals surface area contributed by atoms with Gasteiger partial charge >= 0.3 is 0 Å². The molecule has 0 aliphatic heterocycles. The van der Waals surface area contributed by atoms with Gasteiger partial charge in [0.25, 0.3) is 0 Å². The van der Waals surface area contributed by atoms with Crippen LogP contribution in [0.15, 0.2) is 24.3 Å². The van der Waals surface area contributed by atoms with E-state index in [1.165, 1.54) is 0 Å². The third-order valence-electron chi connectivity index (χ3n) is 2.25. The van der Waals surface area contributed by atoms with Crippen molar-refractivity contribution < 1.29 is 0 Å². The van der Waals surface area contributed by atoms with Gasteiger partial charge in [0.05, 0.1) is 0 Å². The van der Waals surface area contributed by atoms with Crippen molar-refractivity contribution in [2.45, 2.75) is 20.3 Å². The van der Waals surface area contributed by atoms with Crippen molar-refractivity contribution in [1.29, 1.82) is 0 Å². The Morgan fingerprint density at radius 1 is 1.19 bits per heavy atom. The van der Waals surface area contributed by atoms with Crippen molar-refractivity contribution in [2.24, 2.45) is 5.92 Å². The van der Waals surface area contributed by atoms with Gasteiger partial charge in [-0.25, -0.2) is 0 Å². The van der Waals surface area contributed by atoms with Crippen molar-refractivity contribution in [1.82, 2.24) is 15.2 Å². The Kier molecular flexibility index (Phi) is 3.25. The van der Waals surface area contributed by atoms with E-state index in [0.717, 1.165) is 28.7 Å². The lowest BCUT2D eigenvalue weighted by atomic mass is 10.1. The van der Waals surface area contributed by atoms with Crippen molar-refractivity contribution in [3.63, 3.8) is 0 Å². The van der Waals surface area contributed by atoms with Gasteiger partial charge in [-0.2, -0.15) is 0 Å². The number of rotatable bonds is 3. The predicted octanol–water partition coefficient (Wildman–Crippen LogP) is 3.32. The molecule has 0 spiro atoms. The summed E-state index contributed by atoms with van der Waals surface area (Å²) in [5.74, 6) is 2.30. The molecule has 3 nitrogen and oxygen atoms in total. The molecule has 1 heterocycles. The van der Waals surface area contributed by atoms with Gasteiger partial charge < -0.3 is 4.98 Å². The fraction of sp³-hybridized carbons (Fsp3) is 0.333. The molecule has 4 heteroatoms. The Labute approximate surface area is 99.9 Å². The quantitative estimate of drug-likeness (QED) is 0.887. The van der Waals surface area contributed by atoms with Crippen LogP contribution in [0.5, 0.6) is 0 Å². The van der Waals surface area contributed by atoms with Crippen molar-refractivity contribution in [3.8, 4) is 11.4 Å². The maximum Gasteiger partial charge on any atom is 0.161 e. The number of aromatic amines is 1. The first kappa shape index (κ1) is 11.1. The molecule has 0 aliphatic rings. The van der Waals surface area contributed by atoms with Gasteiger partial charge in [-0.15, -0.1) is 10.2 Å². The van der Waals surface area contributed by atoms with Gasteiger partial charge in [-0.05, 0) is 30.2 Å². The zero-order valence-corrected chi connectivity index (χ0v) is 10.1. The molecule has 1 aromatic carbocycles. The lowest BCUT2D eigenvalue weighted by Crippen LogP contribution is -1.95. The number of hydrogen-bond donors (Lipinski definition) is 1. The minimum atomic E-state index is 0.575. The van der Waals surface area contributed by atoms with Gasteiger partial charge in [0.1, 0.15) is 5.82 Å². The van der Waals surface area contributed by atoms with E-state index < -0.39 is 0 Å². The molecule has 0 radical (unpaired) electrons. The standard InChI is InChI=1S/C12H14ClN3/c1-8(2)7-11-14-12(16-15-11)9-3-5-10(13)6-4-9/h3-6,8H,7H2,1-2H3,(H,14,15,16). The fourth-order valence-electron chi connectivity index (χ4n) is 1.51. The highest BCUT2D eigenvalue weighted by Crippen LogP contribution is 2.18. The molecular formula is C12H14ClN3. The third kappa shape index (κ3) is 2.61. The summed E-state index contributed by atoms with van der Waals surface area (Å²) in [5.41, 5.74) is 1.01. The summed E-state index contributed by atoms with van der Waals surface area (Å²) >= 11 is 5.83. The van der Waals surface area contributed by atoms with Crippen LogP contribution in [0.4, 0.5) is 0 Å². The second kappa shape index (κ2) is 4.66. The van der Waals surface area contributed by atoms with Crippen LogP contribution >= 0.6 is 11.6 Å². The summed E-state index contributed by atoms with van der Waals surface area (Å²) in [5, 5.41) is 8.96. The second-order valence-electron chi connectivity index (χ2n) is 4.23. The Morgan fingerprint density at radius 2 is 1.88 bits per heavy atom. The van der Waals surface area contributed by atoms with E-state index in [0.29, 0.717) is 5.92 Å². The number of aromatic nitrogens is 3. The van der Waals surface area contributed by atoms with Crippen molar-refractivity contribution >= 4 is 11.6 Å². The zero-order chi connectivity index (χ0) is 11.5. The molecule has 2 rings (SSSR count). The molecule has 0 saturated heterocycles. The topological polar surface area (TPSA) is 41.6 Å². The number of halogens is 1. The first-order chi connectivity index (χ1) is 7.65. The minimum Gasteiger partial charge on any atom is -0.325 e. The Bertz CT molecular complexity index is 459.